The summed E-state index contributed by atoms with van der Waals surface area (Å²) in [6.07, 6.45) is 0.984. The van der Waals surface area contributed by atoms with Crippen LogP contribution in [0.25, 0.3) is 0 Å². The molecule has 14 heavy (non-hydrogen) atoms. The predicted molar refractivity (Wildman–Crippen MR) is 58.1 cm³/mol. The molecule has 0 saturated heterocycles. The van der Waals surface area contributed by atoms with Gasteiger partial charge < -0.3 is 10.4 Å². The van der Waals surface area contributed by atoms with E-state index in [1.165, 1.54) is 0 Å². The molecule has 4 nitrogen and oxygen atoms in total. The average molecular weight is 223 g/mol. The number of aliphatic hydroxyl groups is 1. The monoisotopic (exact) mass is 223 g/mol. The lowest BCUT2D eigenvalue weighted by Gasteiger charge is -2.09. The summed E-state index contributed by atoms with van der Waals surface area (Å²) in [6, 6.07) is 0. The zero-order valence-corrected chi connectivity index (χ0v) is 9.81. The minimum atomic E-state index is -2.88. The molecule has 0 aliphatic carbocycles. The molecule has 86 valence electrons. The molecule has 0 amide bonds. The topological polar surface area (TPSA) is 66.4 Å². The van der Waals surface area contributed by atoms with E-state index in [-0.39, 0.29) is 17.6 Å². The van der Waals surface area contributed by atoms with Gasteiger partial charge in [-0.15, -0.1) is 0 Å². The second kappa shape index (κ2) is 7.20. The Morgan fingerprint density at radius 1 is 1.29 bits per heavy atom. The highest BCUT2D eigenvalue weighted by Crippen LogP contribution is 1.92. The maximum absolute atomic E-state index is 11.2. The van der Waals surface area contributed by atoms with Gasteiger partial charge >= 0.3 is 0 Å². The molecule has 1 unspecified atom stereocenters. The normalized spacial score (nSPS) is 14.2. The number of hydrogen-bond donors (Lipinski definition) is 2. The Labute approximate surface area is 86.6 Å². The fraction of sp³-hybridized carbons (Fsp3) is 1.00. The largest absolute Gasteiger partial charge is 0.392 e. The van der Waals surface area contributed by atoms with Crippen LogP contribution in [0.5, 0.6) is 0 Å². The molecule has 0 bridgehead atoms. The van der Waals surface area contributed by atoms with Crippen molar-refractivity contribution in [3.63, 3.8) is 0 Å². The minimum absolute atomic E-state index is 0.164. The number of rotatable bonds is 8. The van der Waals surface area contributed by atoms with E-state index in [9.17, 15) is 13.5 Å². The highest BCUT2D eigenvalue weighted by atomic mass is 32.2. The smallest absolute Gasteiger partial charge is 0.151 e. The van der Waals surface area contributed by atoms with E-state index >= 15 is 0 Å². The predicted octanol–water partition coefficient (Wildman–Crippen LogP) is 0.172. The minimum Gasteiger partial charge on any atom is -0.392 e. The van der Waals surface area contributed by atoms with Crippen molar-refractivity contribution in [3.8, 4) is 0 Å². The molecule has 2 N–H and O–H groups in total. The van der Waals surface area contributed by atoms with E-state index in [0.29, 0.717) is 25.9 Å². The maximum Gasteiger partial charge on any atom is 0.151 e. The van der Waals surface area contributed by atoms with Crippen molar-refractivity contribution in [2.45, 2.75) is 32.8 Å². The lowest BCUT2D eigenvalue weighted by Crippen LogP contribution is -2.30. The molecular weight excluding hydrogens is 202 g/mol. The van der Waals surface area contributed by atoms with Crippen LogP contribution < -0.4 is 5.32 Å². The van der Waals surface area contributed by atoms with Crippen LogP contribution >= 0.6 is 0 Å². The zero-order chi connectivity index (χ0) is 11.0. The highest BCUT2D eigenvalue weighted by molar-refractivity contribution is 7.91. The fourth-order valence-corrected chi connectivity index (χ4v) is 2.34. The van der Waals surface area contributed by atoms with Crippen molar-refractivity contribution >= 4 is 9.84 Å². The first-order valence-electron chi connectivity index (χ1n) is 5.11. The van der Waals surface area contributed by atoms with Gasteiger partial charge in [-0.1, -0.05) is 13.8 Å². The quantitative estimate of drug-likeness (QED) is 0.576. The Kier molecular flexibility index (Phi) is 7.13. The molecule has 5 heteroatoms. The van der Waals surface area contributed by atoms with Crippen molar-refractivity contribution in [2.75, 3.05) is 24.6 Å². The van der Waals surface area contributed by atoms with Crippen LogP contribution in [0.2, 0.25) is 0 Å². The van der Waals surface area contributed by atoms with E-state index < -0.39 is 9.84 Å². The lowest BCUT2D eigenvalue weighted by molar-refractivity contribution is 0.168. The molecule has 0 radical (unpaired) electrons. The lowest BCUT2D eigenvalue weighted by atomic mass is 10.3. The molecule has 0 saturated carbocycles. The summed E-state index contributed by atoms with van der Waals surface area (Å²) in [5.74, 6) is 0.419. The second-order valence-corrected chi connectivity index (χ2v) is 5.72. The van der Waals surface area contributed by atoms with Crippen LogP contribution in [0.3, 0.4) is 0 Å². The van der Waals surface area contributed by atoms with E-state index in [2.05, 4.69) is 5.32 Å². The van der Waals surface area contributed by atoms with Crippen LogP contribution in [0.15, 0.2) is 0 Å². The van der Waals surface area contributed by atoms with Gasteiger partial charge in [0, 0.05) is 18.8 Å². The molecule has 0 fully saturated rings. The third-order valence-corrected chi connectivity index (χ3v) is 3.81. The van der Waals surface area contributed by atoms with Gasteiger partial charge in [0.1, 0.15) is 0 Å². The first-order chi connectivity index (χ1) is 6.52. The van der Waals surface area contributed by atoms with Crippen molar-refractivity contribution < 1.29 is 13.5 Å². The van der Waals surface area contributed by atoms with Crippen LogP contribution in [0.1, 0.15) is 26.7 Å². The molecule has 0 rings (SSSR count). The van der Waals surface area contributed by atoms with Gasteiger partial charge in [0.25, 0.3) is 0 Å². The Bertz CT molecular complexity index is 226. The Hall–Kier alpha value is -0.130. The van der Waals surface area contributed by atoms with Gasteiger partial charge in [-0.3, -0.25) is 0 Å². The molecule has 0 aromatic carbocycles. The van der Waals surface area contributed by atoms with Gasteiger partial charge in [0.15, 0.2) is 9.84 Å². The summed E-state index contributed by atoms with van der Waals surface area (Å²) < 4.78 is 22.5. The molecular formula is C9H21NO3S. The zero-order valence-electron chi connectivity index (χ0n) is 8.99. The molecule has 0 spiro atoms. The van der Waals surface area contributed by atoms with Crippen molar-refractivity contribution in [2.24, 2.45) is 0 Å². The van der Waals surface area contributed by atoms with E-state index in [4.69, 9.17) is 0 Å². The molecule has 0 aromatic rings. The summed E-state index contributed by atoms with van der Waals surface area (Å²) in [5.41, 5.74) is 0. The number of sulfone groups is 1. The SMILES string of the molecule is CCCS(=O)(=O)CCNCC(O)CC. The summed E-state index contributed by atoms with van der Waals surface area (Å²) in [7, 11) is -2.88. The van der Waals surface area contributed by atoms with Gasteiger partial charge in [-0.2, -0.15) is 0 Å². The van der Waals surface area contributed by atoms with Crippen molar-refractivity contribution in [1.82, 2.24) is 5.32 Å². The number of nitrogens with one attached hydrogen (secondary N) is 1. The van der Waals surface area contributed by atoms with E-state index in [1.54, 1.807) is 0 Å². The first kappa shape index (κ1) is 13.9. The summed E-state index contributed by atoms with van der Waals surface area (Å²) >= 11 is 0. The molecule has 0 heterocycles. The molecule has 0 aromatic heterocycles. The van der Waals surface area contributed by atoms with Crippen molar-refractivity contribution in [3.05, 3.63) is 0 Å². The summed E-state index contributed by atoms with van der Waals surface area (Å²) in [6.45, 7) is 4.64. The van der Waals surface area contributed by atoms with Crippen LogP contribution in [0, 0.1) is 0 Å². The Morgan fingerprint density at radius 2 is 1.93 bits per heavy atom. The second-order valence-electron chi connectivity index (χ2n) is 3.42. The highest BCUT2D eigenvalue weighted by Gasteiger charge is 2.08. The van der Waals surface area contributed by atoms with Gasteiger partial charge in [0.05, 0.1) is 11.9 Å². The summed E-state index contributed by atoms with van der Waals surface area (Å²) in [5, 5.41) is 12.1. The summed E-state index contributed by atoms with van der Waals surface area (Å²) in [4.78, 5) is 0. The third-order valence-electron chi connectivity index (χ3n) is 1.96. The van der Waals surface area contributed by atoms with Crippen LogP contribution in [-0.2, 0) is 9.84 Å². The standard InChI is InChI=1S/C9H21NO3S/c1-3-6-14(12,13)7-5-10-8-9(11)4-2/h9-11H,3-8H2,1-2H3. The Balaban J connectivity index is 3.54. The number of hydrogen-bond acceptors (Lipinski definition) is 4. The number of aliphatic hydroxyl groups excluding tert-OH is 1. The third kappa shape index (κ3) is 7.29. The maximum atomic E-state index is 11.2. The average Bonchev–Trinajstić information content (AvgIpc) is 2.12. The van der Waals surface area contributed by atoms with Gasteiger partial charge in [0.2, 0.25) is 0 Å². The van der Waals surface area contributed by atoms with E-state index in [0.717, 1.165) is 0 Å². The van der Waals surface area contributed by atoms with E-state index in [1.807, 2.05) is 13.8 Å². The van der Waals surface area contributed by atoms with Gasteiger partial charge in [-0.05, 0) is 12.8 Å². The molecule has 1 atom stereocenters. The van der Waals surface area contributed by atoms with Gasteiger partial charge in [-0.25, -0.2) is 8.42 Å². The molecule has 0 aliphatic rings. The molecule has 0 aliphatic heterocycles. The Morgan fingerprint density at radius 3 is 2.43 bits per heavy atom. The van der Waals surface area contributed by atoms with Crippen LogP contribution in [0.4, 0.5) is 0 Å². The van der Waals surface area contributed by atoms with Crippen LogP contribution in [-0.4, -0.2) is 44.2 Å². The first-order valence-corrected chi connectivity index (χ1v) is 6.93. The fourth-order valence-electron chi connectivity index (χ4n) is 1.05. The van der Waals surface area contributed by atoms with Crippen molar-refractivity contribution in [1.29, 1.82) is 0 Å².